The average Bonchev–Trinajstić information content (AvgIpc) is 2.86. The SMILES string of the molecule is COc1cc(-c2csc(OC)c2)cs1. The monoisotopic (exact) mass is 226 g/mol. The standard InChI is InChI=1S/C10H10O2S2/c1-11-9-3-7(5-13-9)8-4-10(12-2)14-6-8/h3-6H,1-2H3. The fourth-order valence-corrected chi connectivity index (χ4v) is 2.63. The van der Waals surface area contributed by atoms with Gasteiger partial charge in [-0.2, -0.15) is 0 Å². The third-order valence-electron chi connectivity index (χ3n) is 1.89. The van der Waals surface area contributed by atoms with Crippen molar-refractivity contribution in [2.45, 2.75) is 0 Å². The molecule has 0 aliphatic rings. The summed E-state index contributed by atoms with van der Waals surface area (Å²) in [6.07, 6.45) is 0. The van der Waals surface area contributed by atoms with E-state index in [9.17, 15) is 0 Å². The van der Waals surface area contributed by atoms with Gasteiger partial charge < -0.3 is 9.47 Å². The van der Waals surface area contributed by atoms with Gasteiger partial charge in [-0.3, -0.25) is 0 Å². The van der Waals surface area contributed by atoms with E-state index in [0.29, 0.717) is 0 Å². The Hall–Kier alpha value is -1.00. The summed E-state index contributed by atoms with van der Waals surface area (Å²) in [7, 11) is 3.37. The maximum atomic E-state index is 5.14. The summed E-state index contributed by atoms with van der Waals surface area (Å²) in [5.41, 5.74) is 2.37. The molecule has 0 aromatic carbocycles. The molecule has 0 atom stereocenters. The first-order valence-corrected chi connectivity index (χ1v) is 5.85. The first-order chi connectivity index (χ1) is 6.83. The van der Waals surface area contributed by atoms with Crippen LogP contribution in [0.25, 0.3) is 11.1 Å². The van der Waals surface area contributed by atoms with Crippen LogP contribution < -0.4 is 9.47 Å². The highest BCUT2D eigenvalue weighted by molar-refractivity contribution is 7.13. The molecule has 0 N–H and O–H groups in total. The van der Waals surface area contributed by atoms with Gasteiger partial charge in [-0.1, -0.05) is 0 Å². The van der Waals surface area contributed by atoms with Gasteiger partial charge in [-0.25, -0.2) is 0 Å². The molecule has 14 heavy (non-hydrogen) atoms. The summed E-state index contributed by atoms with van der Waals surface area (Å²) in [6, 6.07) is 4.07. The van der Waals surface area contributed by atoms with E-state index >= 15 is 0 Å². The molecule has 0 saturated carbocycles. The third-order valence-corrected chi connectivity index (χ3v) is 3.66. The Bertz CT molecular complexity index is 377. The van der Waals surface area contributed by atoms with Crippen LogP contribution in [0.2, 0.25) is 0 Å². The van der Waals surface area contributed by atoms with E-state index in [1.165, 1.54) is 11.1 Å². The zero-order valence-electron chi connectivity index (χ0n) is 7.94. The van der Waals surface area contributed by atoms with Gasteiger partial charge in [0.05, 0.1) is 14.2 Å². The van der Waals surface area contributed by atoms with Crippen LogP contribution in [0.4, 0.5) is 0 Å². The van der Waals surface area contributed by atoms with E-state index in [2.05, 4.69) is 10.8 Å². The lowest BCUT2D eigenvalue weighted by atomic mass is 10.2. The first kappa shape index (κ1) is 9.55. The molecule has 0 saturated heterocycles. The molecule has 4 heteroatoms. The molecule has 2 rings (SSSR count). The van der Waals surface area contributed by atoms with Crippen molar-refractivity contribution in [3.63, 3.8) is 0 Å². The van der Waals surface area contributed by atoms with Crippen molar-refractivity contribution < 1.29 is 9.47 Å². The molecule has 2 nitrogen and oxygen atoms in total. The van der Waals surface area contributed by atoms with Gasteiger partial charge in [-0.05, 0) is 23.3 Å². The lowest BCUT2D eigenvalue weighted by molar-refractivity contribution is 0.427. The number of hydrogen-bond acceptors (Lipinski definition) is 4. The number of methoxy groups -OCH3 is 2. The second-order valence-corrected chi connectivity index (χ2v) is 4.46. The molecule has 0 fully saturated rings. The van der Waals surface area contributed by atoms with Crippen molar-refractivity contribution in [2.75, 3.05) is 14.2 Å². The largest absolute Gasteiger partial charge is 0.487 e. The molecule has 0 radical (unpaired) electrons. The summed E-state index contributed by atoms with van der Waals surface area (Å²) < 4.78 is 10.3. The molecule has 2 aromatic rings. The van der Waals surface area contributed by atoms with E-state index in [-0.39, 0.29) is 0 Å². The molecular formula is C10H10O2S2. The smallest absolute Gasteiger partial charge is 0.173 e. The highest BCUT2D eigenvalue weighted by Gasteiger charge is 2.05. The molecule has 2 aromatic heterocycles. The molecule has 0 bridgehead atoms. The molecule has 2 heterocycles. The van der Waals surface area contributed by atoms with E-state index in [1.807, 2.05) is 12.1 Å². The molecule has 0 amide bonds. The predicted molar refractivity (Wildman–Crippen MR) is 60.7 cm³/mol. The second-order valence-electron chi connectivity index (χ2n) is 2.72. The average molecular weight is 226 g/mol. The van der Waals surface area contributed by atoms with Crippen LogP contribution in [-0.4, -0.2) is 14.2 Å². The van der Waals surface area contributed by atoms with Crippen LogP contribution in [0.1, 0.15) is 0 Å². The van der Waals surface area contributed by atoms with Crippen LogP contribution in [0.15, 0.2) is 22.9 Å². The Morgan fingerprint density at radius 3 is 1.57 bits per heavy atom. The quantitative estimate of drug-likeness (QED) is 0.797. The first-order valence-electron chi connectivity index (χ1n) is 4.09. The summed E-state index contributed by atoms with van der Waals surface area (Å²) in [6.45, 7) is 0. The zero-order valence-corrected chi connectivity index (χ0v) is 9.58. The summed E-state index contributed by atoms with van der Waals surface area (Å²) in [5, 5.41) is 6.04. The fourth-order valence-electron chi connectivity index (χ4n) is 1.15. The van der Waals surface area contributed by atoms with E-state index in [1.54, 1.807) is 36.9 Å². The molecule has 0 spiro atoms. The van der Waals surface area contributed by atoms with E-state index in [0.717, 1.165) is 10.1 Å². The lowest BCUT2D eigenvalue weighted by Crippen LogP contribution is -1.75. The van der Waals surface area contributed by atoms with Gasteiger partial charge in [0.15, 0.2) is 10.1 Å². The van der Waals surface area contributed by atoms with Crippen molar-refractivity contribution >= 4 is 22.7 Å². The Labute approximate surface area is 90.7 Å². The van der Waals surface area contributed by atoms with Gasteiger partial charge in [0.25, 0.3) is 0 Å². The zero-order chi connectivity index (χ0) is 9.97. The normalized spacial score (nSPS) is 10.1. The van der Waals surface area contributed by atoms with Crippen LogP contribution in [0.5, 0.6) is 10.1 Å². The van der Waals surface area contributed by atoms with Gasteiger partial charge in [-0.15, -0.1) is 22.7 Å². The van der Waals surface area contributed by atoms with Crippen molar-refractivity contribution in [1.82, 2.24) is 0 Å². The van der Waals surface area contributed by atoms with Crippen molar-refractivity contribution in [3.05, 3.63) is 22.9 Å². The maximum absolute atomic E-state index is 5.14. The molecule has 0 aliphatic carbocycles. The van der Waals surface area contributed by atoms with Crippen LogP contribution in [0.3, 0.4) is 0 Å². The number of thiophene rings is 2. The third kappa shape index (κ3) is 1.76. The Kier molecular flexibility index (Phi) is 2.74. The van der Waals surface area contributed by atoms with Gasteiger partial charge in [0.2, 0.25) is 0 Å². The summed E-state index contributed by atoms with van der Waals surface area (Å²) in [5.74, 6) is 0. The van der Waals surface area contributed by atoms with Crippen molar-refractivity contribution in [1.29, 1.82) is 0 Å². The minimum Gasteiger partial charge on any atom is -0.487 e. The molecule has 0 aliphatic heterocycles. The fraction of sp³-hybridized carbons (Fsp3) is 0.200. The molecule has 0 unspecified atom stereocenters. The number of rotatable bonds is 3. The molecule has 74 valence electrons. The Morgan fingerprint density at radius 1 is 0.857 bits per heavy atom. The van der Waals surface area contributed by atoms with Crippen molar-refractivity contribution in [3.8, 4) is 21.3 Å². The lowest BCUT2D eigenvalue weighted by Gasteiger charge is -1.91. The van der Waals surface area contributed by atoms with Gasteiger partial charge >= 0.3 is 0 Å². The second kappa shape index (κ2) is 4.02. The summed E-state index contributed by atoms with van der Waals surface area (Å²) >= 11 is 3.21. The minimum atomic E-state index is 0.935. The molecular weight excluding hydrogens is 216 g/mol. The Balaban J connectivity index is 2.29. The van der Waals surface area contributed by atoms with Crippen LogP contribution in [-0.2, 0) is 0 Å². The number of ether oxygens (including phenoxy) is 2. The van der Waals surface area contributed by atoms with E-state index in [4.69, 9.17) is 9.47 Å². The Morgan fingerprint density at radius 2 is 1.29 bits per heavy atom. The van der Waals surface area contributed by atoms with Crippen LogP contribution >= 0.6 is 22.7 Å². The summed E-state index contributed by atoms with van der Waals surface area (Å²) in [4.78, 5) is 0. The highest BCUT2D eigenvalue weighted by Crippen LogP contribution is 2.35. The topological polar surface area (TPSA) is 18.5 Å². The maximum Gasteiger partial charge on any atom is 0.173 e. The van der Waals surface area contributed by atoms with Crippen molar-refractivity contribution in [2.24, 2.45) is 0 Å². The van der Waals surface area contributed by atoms with Gasteiger partial charge in [0, 0.05) is 10.8 Å². The van der Waals surface area contributed by atoms with Gasteiger partial charge in [0.1, 0.15) is 0 Å². The predicted octanol–water partition coefficient (Wildman–Crippen LogP) is 3.49. The van der Waals surface area contributed by atoms with E-state index < -0.39 is 0 Å². The minimum absolute atomic E-state index is 0.935. The highest BCUT2D eigenvalue weighted by atomic mass is 32.1. The number of hydrogen-bond donors (Lipinski definition) is 0. The van der Waals surface area contributed by atoms with Crippen LogP contribution in [0, 0.1) is 0 Å².